The van der Waals surface area contributed by atoms with Gasteiger partial charge in [-0.2, -0.15) is 0 Å². The van der Waals surface area contributed by atoms with Crippen LogP contribution in [0.15, 0.2) is 5.51 Å². The van der Waals surface area contributed by atoms with E-state index in [1.54, 1.807) is 22.7 Å². The summed E-state index contributed by atoms with van der Waals surface area (Å²) in [5, 5.41) is 1.21. The van der Waals surface area contributed by atoms with Crippen LogP contribution in [0.4, 0.5) is 0 Å². The van der Waals surface area contributed by atoms with Gasteiger partial charge in [-0.15, -0.1) is 11.3 Å². The predicted molar refractivity (Wildman–Crippen MR) is 58.5 cm³/mol. The van der Waals surface area contributed by atoms with Crippen molar-refractivity contribution in [2.75, 3.05) is 0 Å². The SMILES string of the molecule is CC(C)(C)Cc1nc2scnc2s1. The Balaban J connectivity index is 2.30. The first kappa shape index (κ1) is 9.09. The van der Waals surface area contributed by atoms with Crippen molar-refractivity contribution in [3.05, 3.63) is 10.5 Å². The summed E-state index contributed by atoms with van der Waals surface area (Å²) >= 11 is 3.34. The highest BCUT2D eigenvalue weighted by Crippen LogP contribution is 2.28. The highest BCUT2D eigenvalue weighted by Gasteiger charge is 2.15. The first-order valence-corrected chi connectivity index (χ1v) is 5.93. The van der Waals surface area contributed by atoms with Gasteiger partial charge < -0.3 is 0 Å². The Morgan fingerprint density at radius 3 is 2.69 bits per heavy atom. The molecule has 0 saturated carbocycles. The van der Waals surface area contributed by atoms with E-state index in [0.29, 0.717) is 5.41 Å². The minimum atomic E-state index is 0.319. The van der Waals surface area contributed by atoms with Crippen molar-refractivity contribution < 1.29 is 0 Å². The van der Waals surface area contributed by atoms with Gasteiger partial charge in [-0.25, -0.2) is 9.97 Å². The minimum absolute atomic E-state index is 0.319. The molecule has 0 amide bonds. The van der Waals surface area contributed by atoms with Crippen molar-refractivity contribution in [2.45, 2.75) is 27.2 Å². The number of hydrogen-bond donors (Lipinski definition) is 0. The number of hydrogen-bond acceptors (Lipinski definition) is 4. The third-order valence-electron chi connectivity index (χ3n) is 1.64. The van der Waals surface area contributed by atoms with Gasteiger partial charge in [0.1, 0.15) is 0 Å². The zero-order valence-electron chi connectivity index (χ0n) is 8.00. The van der Waals surface area contributed by atoms with Crippen molar-refractivity contribution in [3.8, 4) is 0 Å². The molecular formula is C9H12N2S2. The van der Waals surface area contributed by atoms with Crippen LogP contribution in [0.3, 0.4) is 0 Å². The molecule has 2 nitrogen and oxygen atoms in total. The zero-order valence-corrected chi connectivity index (χ0v) is 9.63. The van der Waals surface area contributed by atoms with Crippen LogP contribution in [0.1, 0.15) is 25.8 Å². The van der Waals surface area contributed by atoms with Crippen molar-refractivity contribution in [2.24, 2.45) is 5.41 Å². The molecule has 0 aromatic carbocycles. The Morgan fingerprint density at radius 2 is 2.08 bits per heavy atom. The zero-order chi connectivity index (χ0) is 9.47. The topological polar surface area (TPSA) is 25.8 Å². The van der Waals surface area contributed by atoms with E-state index in [2.05, 4.69) is 30.7 Å². The average molecular weight is 212 g/mol. The molecule has 70 valence electrons. The normalized spacial score (nSPS) is 12.5. The maximum atomic E-state index is 4.53. The van der Waals surface area contributed by atoms with Crippen molar-refractivity contribution >= 4 is 32.3 Å². The lowest BCUT2D eigenvalue weighted by Gasteiger charge is -2.15. The summed E-state index contributed by atoms with van der Waals surface area (Å²) in [7, 11) is 0. The van der Waals surface area contributed by atoms with Gasteiger partial charge in [-0.3, -0.25) is 0 Å². The molecule has 2 heterocycles. The number of nitrogens with zero attached hydrogens (tertiary/aromatic N) is 2. The number of aromatic nitrogens is 2. The van der Waals surface area contributed by atoms with Gasteiger partial charge in [0.05, 0.1) is 10.5 Å². The molecule has 13 heavy (non-hydrogen) atoms. The molecule has 0 unspecified atom stereocenters. The molecule has 2 aromatic heterocycles. The fourth-order valence-corrected chi connectivity index (χ4v) is 3.22. The molecule has 0 aliphatic heterocycles. The lowest BCUT2D eigenvalue weighted by atomic mass is 9.93. The highest BCUT2D eigenvalue weighted by molar-refractivity contribution is 7.25. The summed E-state index contributed by atoms with van der Waals surface area (Å²) in [5.41, 5.74) is 2.18. The molecule has 0 bridgehead atoms. The summed E-state index contributed by atoms with van der Waals surface area (Å²) in [6.45, 7) is 6.70. The van der Waals surface area contributed by atoms with E-state index < -0.39 is 0 Å². The van der Waals surface area contributed by atoms with Gasteiger partial charge in [0.2, 0.25) is 0 Å². The molecule has 0 fully saturated rings. The van der Waals surface area contributed by atoms with Gasteiger partial charge in [0.15, 0.2) is 9.66 Å². The molecule has 0 atom stereocenters. The summed E-state index contributed by atoms with van der Waals surface area (Å²) in [6.07, 6.45) is 1.04. The minimum Gasteiger partial charge on any atom is -0.232 e. The summed E-state index contributed by atoms with van der Waals surface area (Å²) in [5.74, 6) is 0. The largest absolute Gasteiger partial charge is 0.232 e. The lowest BCUT2D eigenvalue weighted by molar-refractivity contribution is 0.411. The molecule has 0 aliphatic carbocycles. The predicted octanol–water partition coefficient (Wildman–Crippen LogP) is 3.34. The van der Waals surface area contributed by atoms with Crippen LogP contribution in [-0.4, -0.2) is 9.97 Å². The molecule has 0 saturated heterocycles. The average Bonchev–Trinajstić information content (AvgIpc) is 2.40. The number of rotatable bonds is 1. The number of thiazole rings is 2. The maximum Gasteiger partial charge on any atom is 0.154 e. The quantitative estimate of drug-likeness (QED) is 0.724. The van der Waals surface area contributed by atoms with Gasteiger partial charge in [0.25, 0.3) is 0 Å². The first-order chi connectivity index (χ1) is 6.04. The molecular weight excluding hydrogens is 200 g/mol. The Kier molecular flexibility index (Phi) is 2.12. The Hall–Kier alpha value is -0.480. The van der Waals surface area contributed by atoms with E-state index >= 15 is 0 Å². The van der Waals surface area contributed by atoms with E-state index in [4.69, 9.17) is 0 Å². The van der Waals surface area contributed by atoms with Crippen LogP contribution < -0.4 is 0 Å². The molecule has 0 spiro atoms. The van der Waals surface area contributed by atoms with Crippen LogP contribution >= 0.6 is 22.7 Å². The molecule has 0 N–H and O–H groups in total. The first-order valence-electron chi connectivity index (χ1n) is 4.23. The summed E-state index contributed by atoms with van der Waals surface area (Å²) < 4.78 is 0. The molecule has 0 radical (unpaired) electrons. The van der Waals surface area contributed by atoms with Crippen LogP contribution in [0.25, 0.3) is 9.66 Å². The highest BCUT2D eigenvalue weighted by atomic mass is 32.1. The number of fused-ring (bicyclic) bond motifs is 1. The van der Waals surface area contributed by atoms with Gasteiger partial charge in [-0.1, -0.05) is 32.1 Å². The fraction of sp³-hybridized carbons (Fsp3) is 0.556. The van der Waals surface area contributed by atoms with E-state index in [-0.39, 0.29) is 0 Å². The van der Waals surface area contributed by atoms with Crippen LogP contribution in [0, 0.1) is 5.41 Å². The molecule has 2 rings (SSSR count). The van der Waals surface area contributed by atoms with Crippen LogP contribution in [0.5, 0.6) is 0 Å². The third kappa shape index (κ3) is 2.06. The third-order valence-corrected chi connectivity index (χ3v) is 3.45. The monoisotopic (exact) mass is 212 g/mol. The van der Waals surface area contributed by atoms with E-state index in [1.807, 2.05) is 5.51 Å². The van der Waals surface area contributed by atoms with E-state index in [1.165, 1.54) is 5.01 Å². The Morgan fingerprint density at radius 1 is 1.31 bits per heavy atom. The summed E-state index contributed by atoms with van der Waals surface area (Å²) in [6, 6.07) is 0. The van der Waals surface area contributed by atoms with Crippen molar-refractivity contribution in [1.29, 1.82) is 0 Å². The van der Waals surface area contributed by atoms with Crippen LogP contribution in [0.2, 0.25) is 0 Å². The van der Waals surface area contributed by atoms with Gasteiger partial charge in [-0.05, 0) is 5.41 Å². The van der Waals surface area contributed by atoms with E-state index in [9.17, 15) is 0 Å². The smallest absolute Gasteiger partial charge is 0.154 e. The van der Waals surface area contributed by atoms with Gasteiger partial charge >= 0.3 is 0 Å². The van der Waals surface area contributed by atoms with Crippen LogP contribution in [-0.2, 0) is 6.42 Å². The Bertz CT molecular complexity index is 380. The molecule has 2 aromatic rings. The maximum absolute atomic E-state index is 4.53. The molecule has 4 heteroatoms. The standard InChI is InChI=1S/C9H12N2S2/c1-9(2,3)4-6-11-8-7(13-6)10-5-12-8/h5H,4H2,1-3H3. The molecule has 0 aliphatic rings. The van der Waals surface area contributed by atoms with Crippen molar-refractivity contribution in [1.82, 2.24) is 9.97 Å². The second-order valence-corrected chi connectivity index (χ2v) is 6.20. The lowest BCUT2D eigenvalue weighted by Crippen LogP contribution is -2.08. The van der Waals surface area contributed by atoms with E-state index in [0.717, 1.165) is 16.1 Å². The fourth-order valence-electron chi connectivity index (χ4n) is 1.15. The Labute approximate surface area is 85.7 Å². The second-order valence-electron chi connectivity index (χ2n) is 4.31. The van der Waals surface area contributed by atoms with Gasteiger partial charge in [0, 0.05) is 6.42 Å². The van der Waals surface area contributed by atoms with Crippen molar-refractivity contribution in [3.63, 3.8) is 0 Å². The second kappa shape index (κ2) is 3.03. The summed E-state index contributed by atoms with van der Waals surface area (Å²) in [4.78, 5) is 11.0.